The maximum absolute atomic E-state index is 16.0. The van der Waals surface area contributed by atoms with Gasteiger partial charge in [0.15, 0.2) is 23.2 Å². The van der Waals surface area contributed by atoms with Crippen molar-refractivity contribution in [2.45, 2.75) is 189 Å². The second-order valence-electron chi connectivity index (χ2n) is 29.0. The molecule has 8 N–H and O–H groups in total. The number of nitrogens with one attached hydrogen (secondary N) is 1. The predicted molar refractivity (Wildman–Crippen MR) is 324 cm³/mol. The van der Waals surface area contributed by atoms with Gasteiger partial charge in [0.1, 0.15) is 5.75 Å². The molecule has 0 amide bonds. The summed E-state index contributed by atoms with van der Waals surface area (Å²) in [5, 5.41) is 66.4. The number of aliphatic hydroxyl groups is 3. The largest absolute Gasteiger partial charge is 0.508 e. The Bertz CT molecular complexity index is 3390. The number of ketones is 1. The van der Waals surface area contributed by atoms with Crippen LogP contribution in [0.15, 0.2) is 101 Å². The number of fused-ring (bicyclic) bond motifs is 11. The molecule has 442 valence electrons. The summed E-state index contributed by atoms with van der Waals surface area (Å²) in [6.07, 6.45) is 29.0. The molecule has 2 aliphatic heterocycles. The van der Waals surface area contributed by atoms with Crippen LogP contribution in [0, 0.1) is 63.6 Å². The van der Waals surface area contributed by atoms with E-state index in [1.165, 1.54) is 11.1 Å². The molecule has 2 spiro atoms. The number of aromatic hydroxyl groups is 2. The number of hydrogen-bond acceptors (Lipinski definition) is 11. The van der Waals surface area contributed by atoms with Gasteiger partial charge in [-0.1, -0.05) is 104 Å². The lowest BCUT2D eigenvalue weighted by Gasteiger charge is -2.68. The average molecular weight is 1130 g/mol. The molecule has 10 aliphatic carbocycles. The topological polar surface area (TPSA) is 187 Å². The quantitative estimate of drug-likeness (QED) is 0.0957. The van der Waals surface area contributed by atoms with Crippen molar-refractivity contribution in [1.82, 2.24) is 5.32 Å². The molecule has 1 saturated heterocycles. The number of aliphatic imine (C=N–C) groups is 1. The van der Waals surface area contributed by atoms with Gasteiger partial charge in [-0.25, -0.2) is 4.99 Å². The first kappa shape index (κ1) is 55.0. The smallest absolute Gasteiger partial charge is 0.189 e. The first-order chi connectivity index (χ1) is 40.8. The number of rotatable bonds is 5. The van der Waals surface area contributed by atoms with Crippen LogP contribution in [0.4, 0.5) is 0 Å². The highest BCUT2D eigenvalue weighted by Crippen LogP contribution is 2.75. The molecule has 3 aromatic rings. The number of Topliss-reactive ketones (excluding diaryl/α,β-unsaturated/α-hetero) is 1. The Kier molecular flexibility index (Phi) is 13.6. The second-order valence-corrected chi connectivity index (χ2v) is 29.0. The molecule has 2 heterocycles. The molecular weight excluding hydrogens is 1050 g/mol. The molecule has 84 heavy (non-hydrogen) atoms. The van der Waals surface area contributed by atoms with E-state index in [-0.39, 0.29) is 91.2 Å². The minimum absolute atomic E-state index is 0.0295. The number of phenols is 2. The van der Waals surface area contributed by atoms with Crippen molar-refractivity contribution in [2.24, 2.45) is 62.5 Å². The van der Waals surface area contributed by atoms with Crippen LogP contribution in [0.3, 0.4) is 0 Å². The normalized spacial score (nSPS) is 38.0. The minimum Gasteiger partial charge on any atom is -0.508 e. The molecule has 6 fully saturated rings. The minimum atomic E-state index is -0.967. The molecule has 0 radical (unpaired) electrons. The number of allylic oxidation sites excluding steroid dienone is 5. The van der Waals surface area contributed by atoms with Gasteiger partial charge in [0.2, 0.25) is 0 Å². The van der Waals surface area contributed by atoms with Gasteiger partial charge >= 0.3 is 0 Å². The summed E-state index contributed by atoms with van der Waals surface area (Å²) in [6, 6.07) is 16.9. The number of carbonyl (C=O) groups is 1. The number of aliphatic hydroxyl groups excluding tert-OH is 3. The monoisotopic (exact) mass is 1130 g/mol. The lowest BCUT2D eigenvalue weighted by Crippen LogP contribution is -2.64. The standard InChI is InChI=1S/C73H87N3O8/c1-43-34-71-24-20-46-30-48-36-69(41-78)21-8-5-19-58(69)57(40-77)62(48)59(81)32-55(46)56-33-60(84-53-16-3-4-17-53)66(82)63-54(56)18-10-15-51(38-70(42-79)39-61(71)72(35-43)37-47-13-11-25-83-67(47)65(70)64(63)72)75-68(74)76-73(22-6-2-7-23-73)49-14-9-12-44(27-49)26-45-28-50(71)31-52(80)29-45/h8-9,12,14,20-21,24,27-29,31,33,39,43,46-48,51,53,55,58,64-65,67,77-80,82H,2-7,11,13,15-17,19,22-23,25-26,30,32,34-38,40-42H2,1H3,(H3,74,75,76). The highest BCUT2D eigenvalue weighted by Gasteiger charge is 2.69. The van der Waals surface area contributed by atoms with E-state index in [4.69, 9.17) is 20.2 Å². The SMILES string of the molecule is CC1CC23C=CC4CC5CC6(CO)C=CCCC6C(CO)=C5C(=O)CC4c4cc(OC5CCCC5)c(O)c5c4C#CCC(CC4(CO)C=C2C2(C1)CC1CCCOC1C4C52)N=C(N)NC1(CCCCC1)c1cccc(c1)Cc1cc(O)cc3c1. The Balaban J connectivity index is 1.07. The van der Waals surface area contributed by atoms with Crippen molar-refractivity contribution in [1.29, 1.82) is 0 Å². The number of phenolic OH excluding ortho intramolecular Hbond substituents is 2. The van der Waals surface area contributed by atoms with E-state index in [0.717, 1.165) is 147 Å². The number of hydrogen-bond donors (Lipinski definition) is 7. The summed E-state index contributed by atoms with van der Waals surface area (Å²) >= 11 is 0. The Morgan fingerprint density at radius 3 is 2.52 bits per heavy atom. The van der Waals surface area contributed by atoms with Gasteiger partial charge in [0.25, 0.3) is 0 Å². The van der Waals surface area contributed by atoms with Crippen molar-refractivity contribution >= 4 is 11.7 Å². The molecule has 3 aromatic carbocycles. The summed E-state index contributed by atoms with van der Waals surface area (Å²) in [5.74, 6) is 7.24. The molecule has 0 aromatic heterocycles. The Hall–Kier alpha value is -5.64. The van der Waals surface area contributed by atoms with Crippen LogP contribution in [0.25, 0.3) is 0 Å². The van der Waals surface area contributed by atoms with E-state index < -0.39 is 45.1 Å². The second kappa shape index (κ2) is 20.8. The average Bonchev–Trinajstić information content (AvgIpc) is 3.13. The lowest BCUT2D eigenvalue weighted by molar-refractivity contribution is -0.171. The molecule has 5 saturated carbocycles. The van der Waals surface area contributed by atoms with Crippen LogP contribution >= 0.6 is 0 Å². The zero-order valence-electron chi connectivity index (χ0n) is 49.2. The van der Waals surface area contributed by atoms with Crippen LogP contribution in [-0.4, -0.2) is 82.0 Å². The first-order valence-electron chi connectivity index (χ1n) is 32.7. The molecule has 12 aliphatic rings. The van der Waals surface area contributed by atoms with Crippen molar-refractivity contribution in [2.75, 3.05) is 26.4 Å². The molecule has 11 nitrogen and oxygen atoms in total. The fraction of sp³-hybridized carbons (Fsp3) is 0.589. The third-order valence-electron chi connectivity index (χ3n) is 24.2. The fourth-order valence-corrected chi connectivity index (χ4v) is 21.2. The van der Waals surface area contributed by atoms with E-state index in [1.54, 1.807) is 0 Å². The first-order valence-corrected chi connectivity index (χ1v) is 32.7. The Morgan fingerprint density at radius 2 is 1.70 bits per heavy atom. The molecule has 11 heteroatoms. The molecule has 14 unspecified atom stereocenters. The number of carbonyl (C=O) groups excluding carboxylic acids is 1. The summed E-state index contributed by atoms with van der Waals surface area (Å²) < 4.78 is 14.5. The van der Waals surface area contributed by atoms with E-state index in [1.807, 2.05) is 12.1 Å². The van der Waals surface area contributed by atoms with E-state index >= 15 is 4.79 Å². The highest BCUT2D eigenvalue weighted by atomic mass is 16.5. The Morgan fingerprint density at radius 1 is 0.869 bits per heavy atom. The fourth-order valence-electron chi connectivity index (χ4n) is 21.2. The molecular formula is C73H87N3O8. The number of guanidine groups is 1. The summed E-state index contributed by atoms with van der Waals surface area (Å²) in [5.41, 5.74) is 13.4. The van der Waals surface area contributed by atoms with E-state index in [0.29, 0.717) is 50.4 Å². The van der Waals surface area contributed by atoms with E-state index in [9.17, 15) is 25.5 Å². The zero-order valence-corrected chi connectivity index (χ0v) is 49.2. The third kappa shape index (κ3) is 8.54. The van der Waals surface area contributed by atoms with Gasteiger partial charge in [-0.2, -0.15) is 0 Å². The van der Waals surface area contributed by atoms with Gasteiger partial charge in [-0.15, -0.1) is 0 Å². The van der Waals surface area contributed by atoms with Gasteiger partial charge in [-0.3, -0.25) is 4.79 Å². The zero-order chi connectivity index (χ0) is 57.3. The number of nitrogens with two attached hydrogens (primary N) is 1. The van der Waals surface area contributed by atoms with Gasteiger partial charge in [0, 0.05) is 69.6 Å². The molecule has 14 atom stereocenters. The summed E-state index contributed by atoms with van der Waals surface area (Å²) in [7, 11) is 0. The predicted octanol–water partition coefficient (Wildman–Crippen LogP) is 11.7. The summed E-state index contributed by atoms with van der Waals surface area (Å²) in [4.78, 5) is 21.5. The summed E-state index contributed by atoms with van der Waals surface area (Å²) in [6.45, 7) is 2.50. The van der Waals surface area contributed by atoms with Crippen LogP contribution in [0.5, 0.6) is 17.2 Å². The number of benzene rings is 3. The van der Waals surface area contributed by atoms with Crippen molar-refractivity contribution < 1.29 is 39.8 Å². The van der Waals surface area contributed by atoms with Gasteiger partial charge in [0.05, 0.1) is 43.6 Å². The third-order valence-corrected chi connectivity index (χ3v) is 24.2. The van der Waals surface area contributed by atoms with E-state index in [2.05, 4.69) is 90.9 Å². The van der Waals surface area contributed by atoms with Crippen LogP contribution in [-0.2, 0) is 26.9 Å². The van der Waals surface area contributed by atoms with Crippen LogP contribution in [0.1, 0.15) is 193 Å². The van der Waals surface area contributed by atoms with Crippen molar-refractivity contribution in [3.05, 3.63) is 135 Å². The van der Waals surface area contributed by atoms with Crippen LogP contribution < -0.4 is 15.8 Å². The lowest BCUT2D eigenvalue weighted by atomic mass is 9.36. The van der Waals surface area contributed by atoms with Crippen molar-refractivity contribution in [3.8, 4) is 29.1 Å². The maximum Gasteiger partial charge on any atom is 0.189 e. The molecule has 14 bridgehead atoms. The maximum atomic E-state index is 16.0. The van der Waals surface area contributed by atoms with Crippen LogP contribution in [0.2, 0.25) is 0 Å². The number of nitrogens with zero attached hydrogens (tertiary/aromatic N) is 1. The van der Waals surface area contributed by atoms with Crippen molar-refractivity contribution in [3.63, 3.8) is 0 Å². The number of ether oxygens (including phenoxy) is 2. The highest BCUT2D eigenvalue weighted by molar-refractivity contribution is 5.98. The molecule has 15 rings (SSSR count). The van der Waals surface area contributed by atoms with Gasteiger partial charge in [-0.05, 0) is 196 Å². The van der Waals surface area contributed by atoms with Gasteiger partial charge < -0.3 is 46.1 Å². The Labute approximate surface area is 496 Å².